The van der Waals surface area contributed by atoms with E-state index in [1.807, 2.05) is 0 Å². The molecule has 1 aliphatic carbocycles. The molecule has 0 aromatic carbocycles. The molecule has 2 fully saturated rings. The second-order valence-corrected chi connectivity index (χ2v) is 6.15. The molecule has 2 aliphatic rings. The Bertz CT molecular complexity index is 266. The zero-order chi connectivity index (χ0) is 11.6. The maximum Gasteiger partial charge on any atom is 0.169 e. The van der Waals surface area contributed by atoms with Crippen molar-refractivity contribution in [1.82, 2.24) is 5.32 Å². The molecule has 5 heteroatoms. The first kappa shape index (κ1) is 12.5. The molecule has 1 aliphatic heterocycles. The molecule has 0 aromatic heterocycles. The zero-order valence-electron chi connectivity index (χ0n) is 10.0. The van der Waals surface area contributed by atoms with E-state index in [0.717, 1.165) is 25.8 Å². The van der Waals surface area contributed by atoms with Gasteiger partial charge in [-0.1, -0.05) is 6.92 Å². The van der Waals surface area contributed by atoms with Crippen molar-refractivity contribution in [2.75, 3.05) is 26.0 Å². The fourth-order valence-corrected chi connectivity index (χ4v) is 3.90. The topological polar surface area (TPSA) is 47.6 Å². The van der Waals surface area contributed by atoms with Crippen LogP contribution in [0.1, 0.15) is 26.2 Å². The molecule has 0 aromatic rings. The van der Waals surface area contributed by atoms with Gasteiger partial charge in [0.2, 0.25) is 0 Å². The Kier molecular flexibility index (Phi) is 4.00. The van der Waals surface area contributed by atoms with Gasteiger partial charge in [0, 0.05) is 35.9 Å². The highest BCUT2D eigenvalue weighted by molar-refractivity contribution is 7.85. The van der Waals surface area contributed by atoms with E-state index in [1.165, 1.54) is 0 Å². The molecular weight excluding hydrogens is 226 g/mol. The first-order chi connectivity index (χ1) is 7.67. The van der Waals surface area contributed by atoms with Crippen molar-refractivity contribution in [2.24, 2.45) is 0 Å². The highest BCUT2D eigenvalue weighted by Crippen LogP contribution is 2.37. The molecule has 1 spiro atoms. The van der Waals surface area contributed by atoms with Crippen LogP contribution in [-0.2, 0) is 20.3 Å². The van der Waals surface area contributed by atoms with E-state index in [2.05, 4.69) is 12.2 Å². The van der Waals surface area contributed by atoms with E-state index in [9.17, 15) is 4.21 Å². The van der Waals surface area contributed by atoms with Crippen LogP contribution >= 0.6 is 0 Å². The Hall–Kier alpha value is 0.0300. The van der Waals surface area contributed by atoms with Crippen LogP contribution in [-0.4, -0.2) is 47.3 Å². The lowest BCUT2D eigenvalue weighted by Gasteiger charge is -2.40. The van der Waals surface area contributed by atoms with E-state index in [1.54, 1.807) is 6.26 Å². The third kappa shape index (κ3) is 2.47. The molecular formula is C11H21NO3S. The second-order valence-electron chi connectivity index (χ2n) is 4.55. The van der Waals surface area contributed by atoms with Crippen LogP contribution in [0.2, 0.25) is 0 Å². The first-order valence-electron chi connectivity index (χ1n) is 6.00. The van der Waals surface area contributed by atoms with Crippen LogP contribution in [0.15, 0.2) is 0 Å². The molecule has 1 N–H and O–H groups in total. The van der Waals surface area contributed by atoms with E-state index in [0.29, 0.717) is 19.3 Å². The molecule has 3 unspecified atom stereocenters. The van der Waals surface area contributed by atoms with Crippen LogP contribution in [0.3, 0.4) is 0 Å². The third-order valence-corrected chi connectivity index (χ3v) is 4.85. The third-order valence-electron chi connectivity index (χ3n) is 3.50. The van der Waals surface area contributed by atoms with Gasteiger partial charge < -0.3 is 14.8 Å². The SMILES string of the molecule is CCNC1CCC2(CC1S(C)=O)OCCO2. The molecule has 1 saturated heterocycles. The summed E-state index contributed by atoms with van der Waals surface area (Å²) in [5.41, 5.74) is 0. The lowest BCUT2D eigenvalue weighted by atomic mass is 9.89. The lowest BCUT2D eigenvalue weighted by Crippen LogP contribution is -2.52. The van der Waals surface area contributed by atoms with Gasteiger partial charge in [0.05, 0.1) is 18.5 Å². The van der Waals surface area contributed by atoms with E-state index in [4.69, 9.17) is 9.47 Å². The molecule has 16 heavy (non-hydrogen) atoms. The van der Waals surface area contributed by atoms with Gasteiger partial charge in [-0.25, -0.2) is 0 Å². The molecule has 3 atom stereocenters. The molecule has 94 valence electrons. The van der Waals surface area contributed by atoms with Crippen molar-refractivity contribution in [3.05, 3.63) is 0 Å². The predicted octanol–water partition coefficient (Wildman–Crippen LogP) is 0.639. The quantitative estimate of drug-likeness (QED) is 0.795. The number of nitrogens with one attached hydrogen (secondary N) is 1. The summed E-state index contributed by atoms with van der Waals surface area (Å²) in [6.45, 7) is 4.36. The van der Waals surface area contributed by atoms with E-state index in [-0.39, 0.29) is 5.25 Å². The minimum atomic E-state index is -0.828. The minimum absolute atomic E-state index is 0.145. The van der Waals surface area contributed by atoms with Crippen LogP contribution in [0.4, 0.5) is 0 Å². The van der Waals surface area contributed by atoms with Crippen molar-refractivity contribution >= 4 is 10.8 Å². The Morgan fingerprint density at radius 1 is 1.44 bits per heavy atom. The van der Waals surface area contributed by atoms with E-state index >= 15 is 0 Å². The number of ether oxygens (including phenoxy) is 2. The number of hydrogen-bond acceptors (Lipinski definition) is 4. The Morgan fingerprint density at radius 2 is 2.12 bits per heavy atom. The van der Waals surface area contributed by atoms with Crippen molar-refractivity contribution in [2.45, 2.75) is 43.3 Å². The van der Waals surface area contributed by atoms with Crippen molar-refractivity contribution in [3.63, 3.8) is 0 Å². The average molecular weight is 247 g/mol. The Balaban J connectivity index is 2.05. The molecule has 4 nitrogen and oxygen atoms in total. The normalized spacial score (nSPS) is 35.4. The lowest BCUT2D eigenvalue weighted by molar-refractivity contribution is -0.178. The minimum Gasteiger partial charge on any atom is -0.347 e. The highest BCUT2D eigenvalue weighted by Gasteiger charge is 2.46. The summed E-state index contributed by atoms with van der Waals surface area (Å²) in [5, 5.41) is 3.56. The molecule has 0 radical (unpaired) electrons. The maximum atomic E-state index is 11.8. The fourth-order valence-electron chi connectivity index (χ4n) is 2.72. The highest BCUT2D eigenvalue weighted by atomic mass is 32.2. The summed E-state index contributed by atoms with van der Waals surface area (Å²) in [6, 6.07) is 0.342. The summed E-state index contributed by atoms with van der Waals surface area (Å²) >= 11 is 0. The smallest absolute Gasteiger partial charge is 0.169 e. The number of rotatable bonds is 3. The predicted molar refractivity (Wildman–Crippen MR) is 63.8 cm³/mol. The summed E-state index contributed by atoms with van der Waals surface area (Å²) in [7, 11) is -0.828. The van der Waals surface area contributed by atoms with E-state index < -0.39 is 16.6 Å². The molecule has 1 saturated carbocycles. The molecule has 0 amide bonds. The first-order valence-corrected chi connectivity index (χ1v) is 7.62. The molecule has 0 bridgehead atoms. The van der Waals surface area contributed by atoms with Crippen LogP contribution in [0, 0.1) is 0 Å². The molecule has 2 rings (SSSR count). The van der Waals surface area contributed by atoms with Gasteiger partial charge in [0.15, 0.2) is 5.79 Å². The summed E-state index contributed by atoms with van der Waals surface area (Å²) in [4.78, 5) is 0. The van der Waals surface area contributed by atoms with Crippen molar-refractivity contribution in [3.8, 4) is 0 Å². The largest absolute Gasteiger partial charge is 0.347 e. The second kappa shape index (κ2) is 5.12. The summed E-state index contributed by atoms with van der Waals surface area (Å²) in [5.74, 6) is -0.428. The standard InChI is InChI=1S/C11H21NO3S/c1-3-12-9-4-5-11(14-6-7-15-11)8-10(9)16(2)13/h9-10,12H,3-8H2,1-2H3. The summed E-state index contributed by atoms with van der Waals surface area (Å²) in [6.07, 6.45) is 4.44. The fraction of sp³-hybridized carbons (Fsp3) is 1.00. The van der Waals surface area contributed by atoms with Crippen molar-refractivity contribution in [1.29, 1.82) is 0 Å². The summed E-state index contributed by atoms with van der Waals surface area (Å²) < 4.78 is 23.2. The van der Waals surface area contributed by atoms with Gasteiger partial charge in [0.1, 0.15) is 0 Å². The van der Waals surface area contributed by atoms with Crippen LogP contribution < -0.4 is 5.32 Å². The zero-order valence-corrected chi connectivity index (χ0v) is 10.8. The molecule has 1 heterocycles. The van der Waals surface area contributed by atoms with Crippen LogP contribution in [0.5, 0.6) is 0 Å². The maximum absolute atomic E-state index is 11.8. The van der Waals surface area contributed by atoms with Gasteiger partial charge in [-0.3, -0.25) is 4.21 Å². The van der Waals surface area contributed by atoms with Gasteiger partial charge in [-0.2, -0.15) is 0 Å². The van der Waals surface area contributed by atoms with Gasteiger partial charge in [0.25, 0.3) is 0 Å². The van der Waals surface area contributed by atoms with Gasteiger partial charge in [-0.05, 0) is 13.0 Å². The number of hydrogen-bond donors (Lipinski definition) is 1. The van der Waals surface area contributed by atoms with Gasteiger partial charge >= 0.3 is 0 Å². The Morgan fingerprint density at radius 3 is 2.69 bits per heavy atom. The van der Waals surface area contributed by atoms with Crippen LogP contribution in [0.25, 0.3) is 0 Å². The van der Waals surface area contributed by atoms with Crippen molar-refractivity contribution < 1.29 is 13.7 Å². The monoisotopic (exact) mass is 247 g/mol. The average Bonchev–Trinajstić information content (AvgIpc) is 2.70. The van der Waals surface area contributed by atoms with Gasteiger partial charge in [-0.15, -0.1) is 0 Å². The Labute approximate surface area is 99.5 Å².